The summed E-state index contributed by atoms with van der Waals surface area (Å²) >= 11 is 2.11. The van der Waals surface area contributed by atoms with Crippen LogP contribution in [0.15, 0.2) is 12.3 Å². The van der Waals surface area contributed by atoms with Crippen LogP contribution in [0, 0.1) is 3.57 Å². The van der Waals surface area contributed by atoms with E-state index < -0.39 is 12.2 Å². The largest absolute Gasteiger partial charge is 0.394 e. The predicted octanol–water partition coefficient (Wildman–Crippen LogP) is 0.546. The first-order chi connectivity index (χ1) is 7.65. The topological polar surface area (TPSA) is 71.7 Å². The molecule has 1 aromatic heterocycles. The van der Waals surface area contributed by atoms with E-state index in [1.165, 1.54) is 0 Å². The fourth-order valence-corrected chi connectivity index (χ4v) is 2.47. The van der Waals surface area contributed by atoms with E-state index >= 15 is 0 Å². The van der Waals surface area contributed by atoms with Crippen LogP contribution in [0.3, 0.4) is 0 Å². The molecule has 0 aromatic carbocycles. The quantitative estimate of drug-likeness (QED) is 0.624. The van der Waals surface area contributed by atoms with E-state index in [1.807, 2.05) is 0 Å². The maximum atomic E-state index is 10.8. The van der Waals surface area contributed by atoms with Crippen molar-refractivity contribution in [2.24, 2.45) is 0 Å². The number of rotatable bonds is 3. The summed E-state index contributed by atoms with van der Waals surface area (Å²) in [6.07, 6.45) is 1.30. The Bertz CT molecular complexity index is 392. The fourth-order valence-electron chi connectivity index (χ4n) is 1.85. The van der Waals surface area contributed by atoms with Gasteiger partial charge in [-0.25, -0.2) is 0 Å². The second kappa shape index (κ2) is 4.82. The highest BCUT2D eigenvalue weighted by molar-refractivity contribution is 14.1. The molecule has 1 aliphatic heterocycles. The van der Waals surface area contributed by atoms with Crippen LogP contribution in [0.5, 0.6) is 0 Å². The van der Waals surface area contributed by atoms with E-state index in [9.17, 15) is 9.90 Å². The number of ether oxygens (including phenoxy) is 1. The van der Waals surface area contributed by atoms with Gasteiger partial charge in [0.15, 0.2) is 6.29 Å². The minimum absolute atomic E-state index is 0.216. The first kappa shape index (κ1) is 12.0. The predicted molar refractivity (Wildman–Crippen MR) is 64.2 cm³/mol. The molecule has 0 radical (unpaired) electrons. The molecule has 0 aliphatic carbocycles. The third kappa shape index (κ3) is 2.15. The smallest absolute Gasteiger partial charge is 0.166 e. The molecule has 0 spiro atoms. The zero-order valence-electron chi connectivity index (χ0n) is 8.41. The minimum Gasteiger partial charge on any atom is -0.394 e. The molecule has 1 saturated heterocycles. The van der Waals surface area contributed by atoms with Crippen molar-refractivity contribution in [2.75, 3.05) is 6.61 Å². The summed E-state index contributed by atoms with van der Waals surface area (Å²) in [5, 5.41) is 18.6. The van der Waals surface area contributed by atoms with Crippen molar-refractivity contribution >= 4 is 28.9 Å². The van der Waals surface area contributed by atoms with Crippen LogP contribution in [0.2, 0.25) is 0 Å². The number of aliphatic hydroxyl groups is 2. The van der Waals surface area contributed by atoms with Gasteiger partial charge in [0.05, 0.1) is 18.4 Å². The van der Waals surface area contributed by atoms with E-state index in [2.05, 4.69) is 22.6 Å². The van der Waals surface area contributed by atoms with Gasteiger partial charge in [0, 0.05) is 16.2 Å². The monoisotopic (exact) mass is 337 g/mol. The number of aldehydes is 1. The SMILES string of the molecule is O=Cc1cc(I)cn1[C@H]1CC(O)[C@@H](CO)O1. The Morgan fingerprint density at radius 1 is 1.69 bits per heavy atom. The second-order valence-corrected chi connectivity index (χ2v) is 4.97. The summed E-state index contributed by atoms with van der Waals surface area (Å²) in [6.45, 7) is -0.216. The third-order valence-corrected chi connectivity index (χ3v) is 3.25. The van der Waals surface area contributed by atoms with Crippen LogP contribution in [0.4, 0.5) is 0 Å². The first-order valence-corrected chi connectivity index (χ1v) is 6.00. The normalized spacial score (nSPS) is 29.6. The molecule has 1 aliphatic rings. The summed E-state index contributed by atoms with van der Waals surface area (Å²) in [5.41, 5.74) is 0.514. The van der Waals surface area contributed by atoms with Gasteiger partial charge in [-0.15, -0.1) is 0 Å². The number of halogens is 1. The molecule has 2 N–H and O–H groups in total. The van der Waals surface area contributed by atoms with Crippen LogP contribution in [0.25, 0.3) is 0 Å². The summed E-state index contributed by atoms with van der Waals surface area (Å²) < 4.78 is 8.09. The van der Waals surface area contributed by atoms with E-state index in [0.29, 0.717) is 12.1 Å². The minimum atomic E-state index is -0.686. The van der Waals surface area contributed by atoms with Gasteiger partial charge in [0.25, 0.3) is 0 Å². The van der Waals surface area contributed by atoms with Gasteiger partial charge < -0.3 is 19.5 Å². The molecule has 0 amide bonds. The zero-order chi connectivity index (χ0) is 11.7. The zero-order valence-corrected chi connectivity index (χ0v) is 10.6. The number of aliphatic hydroxyl groups excluding tert-OH is 2. The lowest BCUT2D eigenvalue weighted by Crippen LogP contribution is -2.24. The Morgan fingerprint density at radius 2 is 2.44 bits per heavy atom. The van der Waals surface area contributed by atoms with Crippen LogP contribution in [-0.2, 0) is 4.74 Å². The Balaban J connectivity index is 2.22. The van der Waals surface area contributed by atoms with Crippen molar-refractivity contribution in [3.8, 4) is 0 Å². The van der Waals surface area contributed by atoms with Crippen molar-refractivity contribution in [1.29, 1.82) is 0 Å². The number of carbonyl (C=O) groups is 1. The van der Waals surface area contributed by atoms with E-state index in [0.717, 1.165) is 9.86 Å². The standard InChI is InChI=1S/C10H12INO4/c11-6-1-7(4-13)12(3-6)10-2-8(15)9(5-14)16-10/h1,3-4,8-10,14-15H,2,5H2/t8?,9-,10-/m1/s1. The lowest BCUT2D eigenvalue weighted by Gasteiger charge is -2.14. The fraction of sp³-hybridized carbons (Fsp3) is 0.500. The maximum Gasteiger partial charge on any atom is 0.166 e. The van der Waals surface area contributed by atoms with Crippen molar-refractivity contribution in [3.05, 3.63) is 21.5 Å². The Morgan fingerprint density at radius 3 is 3.00 bits per heavy atom. The Kier molecular flexibility index (Phi) is 3.63. The van der Waals surface area contributed by atoms with Crippen LogP contribution < -0.4 is 0 Å². The summed E-state index contributed by atoms with van der Waals surface area (Å²) in [6, 6.07) is 1.75. The molecule has 16 heavy (non-hydrogen) atoms. The lowest BCUT2D eigenvalue weighted by molar-refractivity contribution is -0.0446. The highest BCUT2D eigenvalue weighted by Crippen LogP contribution is 2.30. The highest BCUT2D eigenvalue weighted by atomic mass is 127. The molecule has 0 saturated carbocycles. The molecular weight excluding hydrogens is 325 g/mol. The van der Waals surface area contributed by atoms with Gasteiger partial charge in [0.2, 0.25) is 0 Å². The number of carbonyl (C=O) groups excluding carboxylic acids is 1. The third-order valence-electron chi connectivity index (χ3n) is 2.66. The Labute approximate surface area is 106 Å². The number of aromatic nitrogens is 1. The molecule has 2 rings (SSSR count). The maximum absolute atomic E-state index is 10.8. The summed E-state index contributed by atoms with van der Waals surface area (Å²) in [5.74, 6) is 0. The van der Waals surface area contributed by atoms with Gasteiger partial charge in [0.1, 0.15) is 12.3 Å². The molecule has 1 fully saturated rings. The molecule has 88 valence electrons. The molecule has 5 nitrogen and oxygen atoms in total. The highest BCUT2D eigenvalue weighted by Gasteiger charge is 2.34. The number of hydrogen-bond donors (Lipinski definition) is 2. The van der Waals surface area contributed by atoms with Gasteiger partial charge in [-0.05, 0) is 28.7 Å². The molecule has 2 heterocycles. The van der Waals surface area contributed by atoms with Crippen molar-refractivity contribution < 1.29 is 19.7 Å². The molecule has 0 bridgehead atoms. The first-order valence-electron chi connectivity index (χ1n) is 4.92. The van der Waals surface area contributed by atoms with Crippen molar-refractivity contribution in [1.82, 2.24) is 4.57 Å². The average molecular weight is 337 g/mol. The molecule has 1 aromatic rings. The van der Waals surface area contributed by atoms with Crippen LogP contribution in [-0.4, -0.2) is 39.9 Å². The van der Waals surface area contributed by atoms with Gasteiger partial charge in [-0.3, -0.25) is 4.79 Å². The summed E-state index contributed by atoms with van der Waals surface area (Å²) in [4.78, 5) is 10.8. The molecule has 1 unspecified atom stereocenters. The van der Waals surface area contributed by atoms with Crippen LogP contribution >= 0.6 is 22.6 Å². The molecular formula is C10H12INO4. The van der Waals surface area contributed by atoms with Gasteiger partial charge in [-0.1, -0.05) is 0 Å². The second-order valence-electron chi connectivity index (χ2n) is 3.72. The average Bonchev–Trinajstić information content (AvgIpc) is 2.81. The van der Waals surface area contributed by atoms with Crippen molar-refractivity contribution in [2.45, 2.75) is 24.9 Å². The number of hydrogen-bond acceptors (Lipinski definition) is 4. The molecule has 6 heteroatoms. The molecule has 3 atom stereocenters. The van der Waals surface area contributed by atoms with Gasteiger partial charge in [-0.2, -0.15) is 0 Å². The number of nitrogens with zero attached hydrogens (tertiary/aromatic N) is 1. The Hall–Kier alpha value is -0.440. The lowest BCUT2D eigenvalue weighted by atomic mass is 10.2. The van der Waals surface area contributed by atoms with Crippen LogP contribution in [0.1, 0.15) is 23.1 Å². The van der Waals surface area contributed by atoms with Crippen molar-refractivity contribution in [3.63, 3.8) is 0 Å². The van der Waals surface area contributed by atoms with Gasteiger partial charge >= 0.3 is 0 Å². The van der Waals surface area contributed by atoms with E-state index in [-0.39, 0.29) is 12.8 Å². The summed E-state index contributed by atoms with van der Waals surface area (Å²) in [7, 11) is 0. The van der Waals surface area contributed by atoms with E-state index in [1.54, 1.807) is 16.8 Å². The van der Waals surface area contributed by atoms with E-state index in [4.69, 9.17) is 9.84 Å².